The Hall–Kier alpha value is -0.820. The first-order valence-electron chi connectivity index (χ1n) is 9.07. The monoisotopic (exact) mass is 444 g/mol. The fourth-order valence-electron chi connectivity index (χ4n) is 2.53. The van der Waals surface area contributed by atoms with E-state index in [2.05, 4.69) is 60.6 Å². The van der Waals surface area contributed by atoms with Crippen molar-refractivity contribution in [3.05, 3.63) is 35.4 Å². The van der Waals surface area contributed by atoms with Crippen molar-refractivity contribution < 1.29 is 0 Å². The summed E-state index contributed by atoms with van der Waals surface area (Å²) in [5.74, 6) is 1.80. The van der Waals surface area contributed by atoms with Gasteiger partial charge in [0.15, 0.2) is 5.96 Å². The van der Waals surface area contributed by atoms with Gasteiger partial charge in [-0.3, -0.25) is 4.90 Å². The van der Waals surface area contributed by atoms with Gasteiger partial charge in [0.2, 0.25) is 0 Å². The van der Waals surface area contributed by atoms with Gasteiger partial charge < -0.3 is 10.6 Å². The molecule has 1 aromatic carbocycles. The van der Waals surface area contributed by atoms with Crippen LogP contribution in [0.5, 0.6) is 0 Å². The second-order valence-corrected chi connectivity index (χ2v) is 6.30. The normalized spacial score (nSPS) is 14.4. The third-order valence-corrected chi connectivity index (χ3v) is 4.34. The molecule has 1 aromatic rings. The molecule has 0 bridgehead atoms. The average molecular weight is 444 g/mol. The Morgan fingerprint density at radius 3 is 2.21 bits per heavy atom. The first-order valence-corrected chi connectivity index (χ1v) is 9.07. The minimum atomic E-state index is 0. The first-order chi connectivity index (χ1) is 11.2. The van der Waals surface area contributed by atoms with E-state index in [4.69, 9.17) is 4.99 Å². The molecule has 1 aliphatic rings. The molecule has 0 heterocycles. The maximum Gasteiger partial charge on any atom is 0.191 e. The van der Waals surface area contributed by atoms with Crippen molar-refractivity contribution in [3.8, 4) is 0 Å². The zero-order valence-electron chi connectivity index (χ0n) is 15.3. The van der Waals surface area contributed by atoms with Gasteiger partial charge in [-0.2, -0.15) is 0 Å². The highest BCUT2D eigenvalue weighted by molar-refractivity contribution is 14.0. The molecule has 0 spiro atoms. The Morgan fingerprint density at radius 1 is 1.04 bits per heavy atom. The summed E-state index contributed by atoms with van der Waals surface area (Å²) in [5, 5.41) is 6.76. The number of nitrogens with zero attached hydrogens (tertiary/aromatic N) is 2. The van der Waals surface area contributed by atoms with Crippen LogP contribution in [0.2, 0.25) is 0 Å². The van der Waals surface area contributed by atoms with Crippen molar-refractivity contribution in [2.75, 3.05) is 26.2 Å². The largest absolute Gasteiger partial charge is 0.357 e. The molecule has 0 aliphatic heterocycles. The lowest BCUT2D eigenvalue weighted by atomic mass is 10.1. The van der Waals surface area contributed by atoms with Crippen molar-refractivity contribution in [2.45, 2.75) is 46.7 Å². The number of nitrogens with one attached hydrogen (secondary N) is 2. The molecule has 2 rings (SSSR count). The highest BCUT2D eigenvalue weighted by Crippen LogP contribution is 2.27. The van der Waals surface area contributed by atoms with Crippen LogP contribution in [0.3, 0.4) is 0 Å². The molecule has 2 N–H and O–H groups in total. The SMILES string of the molecule is CCNC(=NCc1ccc(CN(CC)CC)cc1)NCC1CC1.I. The third kappa shape index (κ3) is 7.83. The van der Waals surface area contributed by atoms with Crippen molar-refractivity contribution in [2.24, 2.45) is 10.9 Å². The molecule has 0 saturated heterocycles. The molecular weight excluding hydrogens is 411 g/mol. The summed E-state index contributed by atoms with van der Waals surface area (Å²) in [6, 6.07) is 8.86. The van der Waals surface area contributed by atoms with Crippen LogP contribution in [0.15, 0.2) is 29.3 Å². The number of hydrogen-bond acceptors (Lipinski definition) is 2. The second-order valence-electron chi connectivity index (χ2n) is 6.30. The van der Waals surface area contributed by atoms with Crippen molar-refractivity contribution in [3.63, 3.8) is 0 Å². The molecule has 0 aromatic heterocycles. The number of guanidine groups is 1. The van der Waals surface area contributed by atoms with Crippen LogP contribution in [0.1, 0.15) is 44.7 Å². The number of rotatable bonds is 9. The minimum Gasteiger partial charge on any atom is -0.357 e. The fourth-order valence-corrected chi connectivity index (χ4v) is 2.53. The molecule has 0 amide bonds. The molecule has 0 unspecified atom stereocenters. The van der Waals surface area contributed by atoms with Gasteiger partial charge in [-0.05, 0) is 49.9 Å². The van der Waals surface area contributed by atoms with E-state index in [1.165, 1.54) is 24.0 Å². The number of benzene rings is 1. The Labute approximate surface area is 164 Å². The second kappa shape index (κ2) is 11.7. The van der Waals surface area contributed by atoms with E-state index in [1.54, 1.807) is 0 Å². The Morgan fingerprint density at radius 2 is 1.67 bits per heavy atom. The van der Waals surface area contributed by atoms with E-state index >= 15 is 0 Å². The number of hydrogen-bond donors (Lipinski definition) is 2. The highest BCUT2D eigenvalue weighted by atomic mass is 127. The maximum absolute atomic E-state index is 4.69. The standard InChI is InChI=1S/C19H32N4.HI/c1-4-20-19(21-13-16-7-8-16)22-14-17-9-11-18(12-10-17)15-23(5-2)6-3;/h9-12,16H,4-8,13-15H2,1-3H3,(H2,20,21,22);1H. The highest BCUT2D eigenvalue weighted by Gasteiger charge is 2.20. The molecule has 1 aliphatic carbocycles. The van der Waals surface area contributed by atoms with Crippen LogP contribution >= 0.6 is 24.0 Å². The fraction of sp³-hybridized carbons (Fsp3) is 0.632. The predicted octanol–water partition coefficient (Wildman–Crippen LogP) is 3.61. The molecule has 0 radical (unpaired) electrons. The summed E-state index contributed by atoms with van der Waals surface area (Å²) in [6.07, 6.45) is 2.72. The average Bonchev–Trinajstić information content (AvgIpc) is 3.40. The molecule has 136 valence electrons. The van der Waals surface area contributed by atoms with E-state index in [0.717, 1.165) is 51.1 Å². The van der Waals surface area contributed by atoms with E-state index in [0.29, 0.717) is 0 Å². The topological polar surface area (TPSA) is 39.7 Å². The van der Waals surface area contributed by atoms with Gasteiger partial charge in [0.1, 0.15) is 0 Å². The molecule has 5 heteroatoms. The van der Waals surface area contributed by atoms with E-state index in [-0.39, 0.29) is 24.0 Å². The Balaban J connectivity index is 0.00000288. The lowest BCUT2D eigenvalue weighted by molar-refractivity contribution is 0.296. The van der Waals surface area contributed by atoms with Gasteiger partial charge >= 0.3 is 0 Å². The molecule has 4 nitrogen and oxygen atoms in total. The number of halogens is 1. The lowest BCUT2D eigenvalue weighted by Crippen LogP contribution is -2.38. The van der Waals surface area contributed by atoms with E-state index < -0.39 is 0 Å². The minimum absolute atomic E-state index is 0. The summed E-state index contributed by atoms with van der Waals surface area (Å²) in [6.45, 7) is 12.4. The summed E-state index contributed by atoms with van der Waals surface area (Å²) in [7, 11) is 0. The van der Waals surface area contributed by atoms with Gasteiger partial charge in [-0.25, -0.2) is 4.99 Å². The zero-order valence-corrected chi connectivity index (χ0v) is 17.7. The van der Waals surface area contributed by atoms with Gasteiger partial charge in [0.25, 0.3) is 0 Å². The lowest BCUT2D eigenvalue weighted by Gasteiger charge is -2.18. The first kappa shape index (κ1) is 21.2. The van der Waals surface area contributed by atoms with Crippen LogP contribution in [-0.4, -0.2) is 37.0 Å². The molecular formula is C19H33IN4. The van der Waals surface area contributed by atoms with E-state index in [1.807, 2.05) is 0 Å². The van der Waals surface area contributed by atoms with Crippen molar-refractivity contribution in [1.82, 2.24) is 15.5 Å². The zero-order chi connectivity index (χ0) is 16.5. The van der Waals surface area contributed by atoms with Crippen LogP contribution in [0.25, 0.3) is 0 Å². The molecule has 1 saturated carbocycles. The van der Waals surface area contributed by atoms with Crippen LogP contribution in [0.4, 0.5) is 0 Å². The maximum atomic E-state index is 4.69. The molecule has 1 fully saturated rings. The Kier molecular flexibility index (Phi) is 10.3. The summed E-state index contributed by atoms with van der Waals surface area (Å²) in [5.41, 5.74) is 2.64. The van der Waals surface area contributed by atoms with Gasteiger partial charge in [-0.1, -0.05) is 38.1 Å². The van der Waals surface area contributed by atoms with Crippen molar-refractivity contribution >= 4 is 29.9 Å². The summed E-state index contributed by atoms with van der Waals surface area (Å²) < 4.78 is 0. The summed E-state index contributed by atoms with van der Waals surface area (Å²) >= 11 is 0. The van der Waals surface area contributed by atoms with Crippen LogP contribution in [-0.2, 0) is 13.1 Å². The molecule has 0 atom stereocenters. The van der Waals surface area contributed by atoms with Crippen LogP contribution < -0.4 is 10.6 Å². The van der Waals surface area contributed by atoms with Gasteiger partial charge in [0, 0.05) is 19.6 Å². The van der Waals surface area contributed by atoms with Gasteiger partial charge in [0.05, 0.1) is 6.54 Å². The Bertz CT molecular complexity index is 479. The molecule has 24 heavy (non-hydrogen) atoms. The van der Waals surface area contributed by atoms with E-state index in [9.17, 15) is 0 Å². The summed E-state index contributed by atoms with van der Waals surface area (Å²) in [4.78, 5) is 7.12. The van der Waals surface area contributed by atoms with Crippen molar-refractivity contribution in [1.29, 1.82) is 0 Å². The van der Waals surface area contributed by atoms with Crippen LogP contribution in [0, 0.1) is 5.92 Å². The predicted molar refractivity (Wildman–Crippen MR) is 114 cm³/mol. The van der Waals surface area contributed by atoms with Gasteiger partial charge in [-0.15, -0.1) is 24.0 Å². The quantitative estimate of drug-likeness (QED) is 0.347. The smallest absolute Gasteiger partial charge is 0.191 e. The third-order valence-electron chi connectivity index (χ3n) is 4.34. The number of aliphatic imine (C=N–C) groups is 1.